The first-order valence-corrected chi connectivity index (χ1v) is 10.2. The number of hydrogen-bond acceptors (Lipinski definition) is 5. The van der Waals surface area contributed by atoms with E-state index in [4.69, 9.17) is 0 Å². The number of carbonyl (C=O) groups is 2. The zero-order valence-corrected chi connectivity index (χ0v) is 15.9. The molecule has 1 saturated carbocycles. The van der Waals surface area contributed by atoms with E-state index in [1.165, 1.54) is 0 Å². The van der Waals surface area contributed by atoms with Gasteiger partial charge in [0.15, 0.2) is 0 Å². The molecule has 0 aromatic carbocycles. The van der Waals surface area contributed by atoms with Gasteiger partial charge in [0.1, 0.15) is 5.82 Å². The van der Waals surface area contributed by atoms with Crippen LogP contribution in [0, 0.1) is 11.3 Å². The van der Waals surface area contributed by atoms with Crippen LogP contribution in [0.1, 0.15) is 36.5 Å². The lowest BCUT2D eigenvalue weighted by atomic mass is 9.57. The molecule has 0 atom stereocenters. The highest BCUT2D eigenvalue weighted by Crippen LogP contribution is 2.53. The van der Waals surface area contributed by atoms with E-state index in [9.17, 15) is 22.8 Å². The van der Waals surface area contributed by atoms with Crippen LogP contribution in [0.4, 0.5) is 18.0 Å². The van der Waals surface area contributed by atoms with Crippen LogP contribution >= 0.6 is 11.5 Å². The molecule has 0 radical (unpaired) electrons. The number of hydrogen-bond donors (Lipinski definition) is 1. The number of aromatic nitrogens is 2. The zero-order valence-electron chi connectivity index (χ0n) is 15.1. The minimum atomic E-state index is -4.43. The van der Waals surface area contributed by atoms with E-state index in [2.05, 4.69) is 14.7 Å². The molecule has 4 fully saturated rings. The smallest absolute Gasteiger partial charge is 0.347 e. The predicted octanol–water partition coefficient (Wildman–Crippen LogP) is 1.90. The van der Waals surface area contributed by atoms with Gasteiger partial charge < -0.3 is 15.1 Å². The number of amides is 3. The van der Waals surface area contributed by atoms with Crippen molar-refractivity contribution in [2.75, 3.05) is 26.2 Å². The van der Waals surface area contributed by atoms with Crippen LogP contribution in [0.2, 0.25) is 0 Å². The number of alkyl halides is 3. The molecule has 5 rings (SSSR count). The molecular formula is C17H20F3N5O2S. The Kier molecular flexibility index (Phi) is 3.76. The highest BCUT2D eigenvalue weighted by Gasteiger charge is 2.56. The predicted molar refractivity (Wildman–Crippen MR) is 92.4 cm³/mol. The summed E-state index contributed by atoms with van der Waals surface area (Å²) in [5.74, 6) is 0.621. The van der Waals surface area contributed by atoms with Crippen molar-refractivity contribution in [3.05, 3.63) is 10.8 Å². The largest absolute Gasteiger partial charge is 0.444 e. The zero-order chi connectivity index (χ0) is 19.7. The van der Waals surface area contributed by atoms with Crippen LogP contribution < -0.4 is 5.32 Å². The maximum atomic E-state index is 12.6. The first-order chi connectivity index (χ1) is 13.2. The topological polar surface area (TPSA) is 78.4 Å². The molecular weight excluding hydrogens is 395 g/mol. The quantitative estimate of drug-likeness (QED) is 0.800. The van der Waals surface area contributed by atoms with E-state index in [0.717, 1.165) is 19.3 Å². The average molecular weight is 415 g/mol. The third kappa shape index (κ3) is 2.94. The van der Waals surface area contributed by atoms with Gasteiger partial charge in [-0.3, -0.25) is 4.79 Å². The lowest BCUT2D eigenvalue weighted by Gasteiger charge is -2.61. The Balaban J connectivity index is 1.07. The van der Waals surface area contributed by atoms with Crippen molar-refractivity contribution in [3.63, 3.8) is 0 Å². The molecule has 4 aliphatic rings. The first-order valence-electron chi connectivity index (χ1n) is 9.40. The summed E-state index contributed by atoms with van der Waals surface area (Å²) in [4.78, 5) is 31.1. The van der Waals surface area contributed by atoms with E-state index in [0.29, 0.717) is 50.6 Å². The average Bonchev–Trinajstić information content (AvgIpc) is 3.12. The van der Waals surface area contributed by atoms with Crippen molar-refractivity contribution in [2.45, 2.75) is 43.8 Å². The van der Waals surface area contributed by atoms with Crippen molar-refractivity contribution in [1.82, 2.24) is 24.5 Å². The summed E-state index contributed by atoms with van der Waals surface area (Å²) in [6, 6.07) is 0.0248. The summed E-state index contributed by atoms with van der Waals surface area (Å²) in [6.45, 7) is 2.58. The number of rotatable bonds is 2. The Bertz CT molecular complexity index is 821. The molecule has 1 aromatic rings. The van der Waals surface area contributed by atoms with Crippen LogP contribution in [0.15, 0.2) is 0 Å². The van der Waals surface area contributed by atoms with Crippen molar-refractivity contribution in [2.24, 2.45) is 11.3 Å². The number of halogens is 3. The van der Waals surface area contributed by atoms with Crippen LogP contribution in [0.3, 0.4) is 0 Å². The lowest BCUT2D eigenvalue weighted by molar-refractivity contribution is -0.137. The monoisotopic (exact) mass is 415 g/mol. The van der Waals surface area contributed by atoms with E-state index in [1.54, 1.807) is 4.90 Å². The normalized spacial score (nSPS) is 25.5. The molecule has 0 unspecified atom stereocenters. The molecule has 2 spiro atoms. The SMILES string of the molecule is O=C1CCC2(CN(C(=O)N3CC4(CC(Cc5nsc(C(F)(F)F)n5)C4)C3)C2)N1. The molecule has 1 N–H and O–H groups in total. The number of carbonyl (C=O) groups excluding carboxylic acids is 2. The maximum Gasteiger partial charge on any atom is 0.444 e. The summed E-state index contributed by atoms with van der Waals surface area (Å²) in [5.41, 5.74) is -0.0833. The Morgan fingerprint density at radius 3 is 2.46 bits per heavy atom. The number of likely N-dealkylation sites (tertiary alicyclic amines) is 2. The van der Waals surface area contributed by atoms with Gasteiger partial charge in [0.2, 0.25) is 10.9 Å². The van der Waals surface area contributed by atoms with E-state index in [1.807, 2.05) is 4.90 Å². The third-order valence-corrected chi connectivity index (χ3v) is 7.24. The van der Waals surface area contributed by atoms with E-state index >= 15 is 0 Å². The molecule has 3 amide bonds. The Morgan fingerprint density at radius 1 is 1.21 bits per heavy atom. The van der Waals surface area contributed by atoms with Crippen LogP contribution in [-0.4, -0.2) is 62.8 Å². The number of nitrogens with zero attached hydrogens (tertiary/aromatic N) is 4. The Morgan fingerprint density at radius 2 is 1.89 bits per heavy atom. The lowest BCUT2D eigenvalue weighted by Crippen LogP contribution is -2.73. The minimum absolute atomic E-state index is 0.0248. The van der Waals surface area contributed by atoms with Crippen molar-refractivity contribution < 1.29 is 22.8 Å². The van der Waals surface area contributed by atoms with E-state index < -0.39 is 11.2 Å². The van der Waals surface area contributed by atoms with Crippen molar-refractivity contribution in [3.8, 4) is 0 Å². The number of urea groups is 1. The van der Waals surface area contributed by atoms with Crippen molar-refractivity contribution in [1.29, 1.82) is 0 Å². The van der Waals surface area contributed by atoms with Gasteiger partial charge >= 0.3 is 12.2 Å². The molecule has 28 heavy (non-hydrogen) atoms. The van der Waals surface area contributed by atoms with Crippen LogP contribution in [0.25, 0.3) is 0 Å². The molecule has 4 heterocycles. The van der Waals surface area contributed by atoms with Gasteiger partial charge in [0.05, 0.1) is 5.54 Å². The fraction of sp³-hybridized carbons (Fsp3) is 0.765. The van der Waals surface area contributed by atoms with Crippen molar-refractivity contribution >= 4 is 23.5 Å². The standard InChI is InChI=1S/C17H20F3N5O2S/c18-17(19,20)13-21-11(23-28-13)3-10-4-15(5-10)6-24(7-15)14(27)25-8-16(9-25)2-1-12(26)22-16/h10H,1-9H2,(H,22,26). The minimum Gasteiger partial charge on any atom is -0.347 e. The Labute approximate surface area is 163 Å². The first kappa shape index (κ1) is 18.1. The maximum absolute atomic E-state index is 12.6. The van der Waals surface area contributed by atoms with Gasteiger partial charge in [-0.15, -0.1) is 0 Å². The fourth-order valence-electron chi connectivity index (χ4n) is 5.21. The summed E-state index contributed by atoms with van der Waals surface area (Å²) >= 11 is 0.406. The molecule has 3 saturated heterocycles. The molecule has 7 nitrogen and oxygen atoms in total. The fourth-order valence-corrected chi connectivity index (χ4v) is 5.76. The molecule has 11 heteroatoms. The van der Waals surface area contributed by atoms with Gasteiger partial charge in [-0.1, -0.05) is 0 Å². The molecule has 0 bridgehead atoms. The summed E-state index contributed by atoms with van der Waals surface area (Å²) < 4.78 is 41.6. The second-order valence-electron chi connectivity index (χ2n) is 8.82. The third-order valence-electron chi connectivity index (χ3n) is 6.44. The molecule has 3 aliphatic heterocycles. The molecule has 152 valence electrons. The van der Waals surface area contributed by atoms with E-state index in [-0.39, 0.29) is 34.6 Å². The van der Waals surface area contributed by atoms with Gasteiger partial charge in [-0.2, -0.15) is 17.5 Å². The van der Waals surface area contributed by atoms with Crippen LogP contribution in [-0.2, 0) is 17.4 Å². The van der Waals surface area contributed by atoms with Gasteiger partial charge in [-0.05, 0) is 36.7 Å². The van der Waals surface area contributed by atoms with Gasteiger partial charge in [0.25, 0.3) is 0 Å². The summed E-state index contributed by atoms with van der Waals surface area (Å²) in [5, 5.41) is 2.09. The second-order valence-corrected chi connectivity index (χ2v) is 9.57. The highest BCUT2D eigenvalue weighted by atomic mass is 32.1. The molecule has 1 aliphatic carbocycles. The van der Waals surface area contributed by atoms with Gasteiger partial charge in [-0.25, -0.2) is 9.78 Å². The summed E-state index contributed by atoms with van der Waals surface area (Å²) in [7, 11) is 0. The Hall–Kier alpha value is -1.91. The summed E-state index contributed by atoms with van der Waals surface area (Å²) in [6.07, 6.45) is -0.829. The highest BCUT2D eigenvalue weighted by molar-refractivity contribution is 7.05. The second kappa shape index (κ2) is 5.80. The van der Waals surface area contributed by atoms with Gasteiger partial charge in [0, 0.05) is 44.4 Å². The van der Waals surface area contributed by atoms with Crippen LogP contribution in [0.5, 0.6) is 0 Å². The number of nitrogens with one attached hydrogen (secondary N) is 1. The molecule has 1 aromatic heterocycles.